The highest BCUT2D eigenvalue weighted by Gasteiger charge is 2.14. The van der Waals surface area contributed by atoms with Crippen molar-refractivity contribution in [3.63, 3.8) is 0 Å². The van der Waals surface area contributed by atoms with Crippen molar-refractivity contribution in [1.29, 1.82) is 0 Å². The number of hydrogen-bond donors (Lipinski definition) is 1. The predicted octanol–water partition coefficient (Wildman–Crippen LogP) is 4.53. The molecule has 114 valence electrons. The molecule has 0 heterocycles. The number of rotatable bonds is 6. The van der Waals surface area contributed by atoms with E-state index in [1.165, 1.54) is 0 Å². The number of amides is 1. The molecule has 2 nitrogen and oxygen atoms in total. The molecule has 0 saturated carbocycles. The largest absolute Gasteiger partial charge is 0.350 e. The minimum absolute atomic E-state index is 0.0176. The van der Waals surface area contributed by atoms with Crippen LogP contribution in [-0.2, 0) is 4.79 Å². The van der Waals surface area contributed by atoms with Crippen molar-refractivity contribution in [2.75, 3.05) is 0 Å². The van der Waals surface area contributed by atoms with Gasteiger partial charge in [-0.3, -0.25) is 4.79 Å². The van der Waals surface area contributed by atoms with Gasteiger partial charge in [0.1, 0.15) is 0 Å². The molecule has 0 aromatic heterocycles. The second kappa shape index (κ2) is 8.18. The van der Waals surface area contributed by atoms with Gasteiger partial charge in [-0.25, -0.2) is 0 Å². The molecule has 2 heteroatoms. The molecule has 2 rings (SSSR count). The van der Waals surface area contributed by atoms with Crippen molar-refractivity contribution in [2.45, 2.75) is 32.7 Å². The molecule has 2 aromatic carbocycles. The molecule has 0 bridgehead atoms. The monoisotopic (exact) mass is 293 g/mol. The molecule has 2 aromatic rings. The van der Waals surface area contributed by atoms with Crippen molar-refractivity contribution in [3.05, 3.63) is 71.8 Å². The van der Waals surface area contributed by atoms with E-state index in [0.717, 1.165) is 24.0 Å². The number of nitrogens with one attached hydrogen (secondary N) is 1. The number of hydrogen-bond acceptors (Lipinski definition) is 1. The Morgan fingerprint density at radius 1 is 1.05 bits per heavy atom. The summed E-state index contributed by atoms with van der Waals surface area (Å²) in [4.78, 5) is 12.7. The van der Waals surface area contributed by atoms with Crippen LogP contribution in [0.2, 0.25) is 0 Å². The lowest BCUT2D eigenvalue weighted by Crippen LogP contribution is -2.32. The summed E-state index contributed by atoms with van der Waals surface area (Å²) in [6.07, 6.45) is 3.99. The first-order chi connectivity index (χ1) is 10.7. The third kappa shape index (κ3) is 4.59. The average molecular weight is 293 g/mol. The lowest BCUT2D eigenvalue weighted by atomic mass is 10.0. The molecular weight excluding hydrogens is 270 g/mol. The van der Waals surface area contributed by atoms with Crippen molar-refractivity contribution >= 4 is 17.6 Å². The number of benzene rings is 2. The lowest BCUT2D eigenvalue weighted by molar-refractivity contribution is -0.116. The first kappa shape index (κ1) is 16.0. The Balaban J connectivity index is 2.30. The zero-order chi connectivity index (χ0) is 15.8. The highest BCUT2D eigenvalue weighted by Crippen LogP contribution is 2.19. The normalized spacial score (nSPS) is 12.7. The zero-order valence-corrected chi connectivity index (χ0v) is 13.3. The molecule has 1 atom stereocenters. The average Bonchev–Trinajstić information content (AvgIpc) is 2.54. The summed E-state index contributed by atoms with van der Waals surface area (Å²) in [5.74, 6) is -0.0176. The van der Waals surface area contributed by atoms with Crippen LogP contribution in [0.3, 0.4) is 0 Å². The van der Waals surface area contributed by atoms with E-state index in [4.69, 9.17) is 0 Å². The summed E-state index contributed by atoms with van der Waals surface area (Å²) in [5, 5.41) is 3.09. The van der Waals surface area contributed by atoms with Crippen molar-refractivity contribution in [1.82, 2.24) is 5.32 Å². The second-order valence-electron chi connectivity index (χ2n) is 5.50. The maximum Gasteiger partial charge on any atom is 0.252 e. The molecule has 1 N–H and O–H groups in total. The van der Waals surface area contributed by atoms with Crippen LogP contribution in [0.25, 0.3) is 11.6 Å². The van der Waals surface area contributed by atoms with E-state index in [-0.39, 0.29) is 11.9 Å². The van der Waals surface area contributed by atoms with Crippen LogP contribution < -0.4 is 5.32 Å². The maximum absolute atomic E-state index is 12.7. The third-order valence-electron chi connectivity index (χ3n) is 3.54. The molecule has 0 aliphatic rings. The maximum atomic E-state index is 12.7. The molecule has 0 spiro atoms. The Labute approximate surface area is 132 Å². The van der Waals surface area contributed by atoms with E-state index in [9.17, 15) is 4.79 Å². The number of carbonyl (C=O) groups is 1. The van der Waals surface area contributed by atoms with Gasteiger partial charge >= 0.3 is 0 Å². The molecule has 0 fully saturated rings. The topological polar surface area (TPSA) is 29.1 Å². The van der Waals surface area contributed by atoms with E-state index < -0.39 is 0 Å². The van der Waals surface area contributed by atoms with E-state index >= 15 is 0 Å². The van der Waals surface area contributed by atoms with Crippen LogP contribution in [0, 0.1) is 0 Å². The molecule has 0 radical (unpaired) electrons. The van der Waals surface area contributed by atoms with E-state index in [1.807, 2.05) is 73.7 Å². The van der Waals surface area contributed by atoms with Crippen molar-refractivity contribution < 1.29 is 4.79 Å². The minimum Gasteiger partial charge on any atom is -0.350 e. The van der Waals surface area contributed by atoms with Gasteiger partial charge in [-0.2, -0.15) is 0 Å². The van der Waals surface area contributed by atoms with Gasteiger partial charge in [0.15, 0.2) is 0 Å². The Morgan fingerprint density at radius 3 is 2.23 bits per heavy atom. The SMILES string of the molecule is CCCC(C)NC(=O)C(=Cc1ccccc1)c1ccccc1. The molecule has 1 amide bonds. The first-order valence-corrected chi connectivity index (χ1v) is 7.83. The van der Waals surface area contributed by atoms with Crippen LogP contribution in [0.15, 0.2) is 60.7 Å². The van der Waals surface area contributed by atoms with Gasteiger partial charge in [0.25, 0.3) is 5.91 Å². The van der Waals surface area contributed by atoms with Crippen molar-refractivity contribution in [3.8, 4) is 0 Å². The smallest absolute Gasteiger partial charge is 0.252 e. The quantitative estimate of drug-likeness (QED) is 0.615. The predicted molar refractivity (Wildman–Crippen MR) is 93.3 cm³/mol. The zero-order valence-electron chi connectivity index (χ0n) is 13.3. The fourth-order valence-corrected chi connectivity index (χ4v) is 2.42. The van der Waals surface area contributed by atoms with Gasteiger partial charge in [-0.05, 0) is 30.5 Å². The summed E-state index contributed by atoms with van der Waals surface area (Å²) >= 11 is 0. The van der Waals surface area contributed by atoms with Crippen LogP contribution in [-0.4, -0.2) is 11.9 Å². The summed E-state index contributed by atoms with van der Waals surface area (Å²) in [5.41, 5.74) is 2.67. The van der Waals surface area contributed by atoms with E-state index in [0.29, 0.717) is 5.57 Å². The minimum atomic E-state index is -0.0176. The highest BCUT2D eigenvalue weighted by atomic mass is 16.1. The van der Waals surface area contributed by atoms with Gasteiger partial charge in [0, 0.05) is 11.6 Å². The summed E-state index contributed by atoms with van der Waals surface area (Å²) in [7, 11) is 0. The second-order valence-corrected chi connectivity index (χ2v) is 5.50. The van der Waals surface area contributed by atoms with Gasteiger partial charge in [-0.15, -0.1) is 0 Å². The standard InChI is InChI=1S/C20H23NO/c1-3-10-16(2)21-20(22)19(18-13-8-5-9-14-18)15-17-11-6-4-7-12-17/h4-9,11-16H,3,10H2,1-2H3,(H,21,22). The van der Waals surface area contributed by atoms with Crippen LogP contribution in [0.1, 0.15) is 37.8 Å². The van der Waals surface area contributed by atoms with Crippen LogP contribution in [0.5, 0.6) is 0 Å². The Morgan fingerprint density at radius 2 is 1.64 bits per heavy atom. The molecule has 22 heavy (non-hydrogen) atoms. The fraction of sp³-hybridized carbons (Fsp3) is 0.250. The first-order valence-electron chi connectivity index (χ1n) is 7.83. The van der Waals surface area contributed by atoms with Crippen LogP contribution in [0.4, 0.5) is 0 Å². The molecule has 0 saturated heterocycles. The van der Waals surface area contributed by atoms with E-state index in [2.05, 4.69) is 12.2 Å². The Kier molecular flexibility index (Phi) is 5.96. The van der Waals surface area contributed by atoms with Crippen molar-refractivity contribution in [2.24, 2.45) is 0 Å². The highest BCUT2D eigenvalue weighted by molar-refractivity contribution is 6.24. The Bertz CT molecular complexity index is 617. The fourth-order valence-electron chi connectivity index (χ4n) is 2.42. The molecule has 1 unspecified atom stereocenters. The van der Waals surface area contributed by atoms with Gasteiger partial charge in [0.05, 0.1) is 0 Å². The van der Waals surface area contributed by atoms with Gasteiger partial charge in [0.2, 0.25) is 0 Å². The molecule has 0 aliphatic heterocycles. The lowest BCUT2D eigenvalue weighted by Gasteiger charge is -2.15. The summed E-state index contributed by atoms with van der Waals surface area (Å²) in [6.45, 7) is 4.17. The molecule has 0 aliphatic carbocycles. The molecular formula is C20H23NO. The summed E-state index contributed by atoms with van der Waals surface area (Å²) < 4.78 is 0. The van der Waals surface area contributed by atoms with Gasteiger partial charge < -0.3 is 5.32 Å². The van der Waals surface area contributed by atoms with Gasteiger partial charge in [-0.1, -0.05) is 74.0 Å². The summed E-state index contributed by atoms with van der Waals surface area (Å²) in [6, 6.07) is 19.9. The Hall–Kier alpha value is -2.35. The third-order valence-corrected chi connectivity index (χ3v) is 3.54. The van der Waals surface area contributed by atoms with Crippen LogP contribution >= 0.6 is 0 Å². The number of carbonyl (C=O) groups excluding carboxylic acids is 1. The van der Waals surface area contributed by atoms with E-state index in [1.54, 1.807) is 0 Å².